The lowest BCUT2D eigenvalue weighted by Gasteiger charge is -2.35. The van der Waals surface area contributed by atoms with Gasteiger partial charge < -0.3 is 10.2 Å². The molecule has 3 aliphatic heterocycles. The molecule has 1 N–H and O–H groups in total. The highest BCUT2D eigenvalue weighted by atomic mass is 19.1. The zero-order valence-corrected chi connectivity index (χ0v) is 15.6. The molecule has 3 aliphatic rings. The van der Waals surface area contributed by atoms with Crippen LogP contribution in [0.5, 0.6) is 0 Å². The van der Waals surface area contributed by atoms with Gasteiger partial charge in [0.2, 0.25) is 0 Å². The van der Waals surface area contributed by atoms with Crippen LogP contribution in [0.15, 0.2) is 18.3 Å². The second kappa shape index (κ2) is 5.55. The zero-order valence-electron chi connectivity index (χ0n) is 15.6. The average Bonchev–Trinajstić information content (AvgIpc) is 3.38. The Labute approximate surface area is 161 Å². The van der Waals surface area contributed by atoms with Crippen LogP contribution in [0.25, 0.3) is 5.52 Å². The first kappa shape index (κ1) is 16.1. The number of aromatic nitrogens is 4. The number of anilines is 1. The molecule has 6 rings (SSSR count). The summed E-state index contributed by atoms with van der Waals surface area (Å²) in [6, 6.07) is 6.77. The van der Waals surface area contributed by atoms with Gasteiger partial charge in [0.05, 0.1) is 35.9 Å². The van der Waals surface area contributed by atoms with E-state index >= 15 is 0 Å². The minimum absolute atomic E-state index is 0.189. The Morgan fingerprint density at radius 3 is 3.07 bits per heavy atom. The highest BCUT2D eigenvalue weighted by Crippen LogP contribution is 2.41. The summed E-state index contributed by atoms with van der Waals surface area (Å²) in [5, 5.41) is 22.1. The summed E-state index contributed by atoms with van der Waals surface area (Å²) in [6.07, 6.45) is 4.54. The SMILES string of the molecule is C[C@@H]1CN(c2ccc(C#N)n3ncc(F)c23)Cc2c3c(nn21)CC1CCC3N1. The van der Waals surface area contributed by atoms with Crippen LogP contribution in [0.1, 0.15) is 54.5 Å². The molecule has 0 saturated carbocycles. The minimum Gasteiger partial charge on any atom is -0.362 e. The lowest BCUT2D eigenvalue weighted by molar-refractivity contribution is 0.422. The summed E-state index contributed by atoms with van der Waals surface area (Å²) in [5.41, 5.74) is 5.28. The van der Waals surface area contributed by atoms with Crippen LogP contribution < -0.4 is 10.2 Å². The predicted octanol–water partition coefficient (Wildman–Crippen LogP) is 2.47. The van der Waals surface area contributed by atoms with Crippen molar-refractivity contribution in [3.05, 3.63) is 46.8 Å². The Morgan fingerprint density at radius 2 is 2.21 bits per heavy atom. The summed E-state index contributed by atoms with van der Waals surface area (Å²) in [6.45, 7) is 3.58. The van der Waals surface area contributed by atoms with Crippen LogP contribution >= 0.6 is 0 Å². The summed E-state index contributed by atoms with van der Waals surface area (Å²) >= 11 is 0. The van der Waals surface area contributed by atoms with Gasteiger partial charge in [-0.3, -0.25) is 4.68 Å². The maximum absolute atomic E-state index is 14.6. The normalized spacial score (nSPS) is 25.6. The molecule has 1 saturated heterocycles. The molecule has 0 aliphatic carbocycles. The first-order chi connectivity index (χ1) is 13.6. The van der Waals surface area contributed by atoms with E-state index < -0.39 is 5.82 Å². The molecule has 8 heteroatoms. The third-order valence-corrected chi connectivity index (χ3v) is 6.45. The van der Waals surface area contributed by atoms with Crippen molar-refractivity contribution in [1.29, 1.82) is 5.26 Å². The Morgan fingerprint density at radius 1 is 1.32 bits per heavy atom. The van der Waals surface area contributed by atoms with Gasteiger partial charge in [-0.25, -0.2) is 8.91 Å². The standard InChI is InChI=1S/C20H20FN7/c1-11-9-26(17-5-3-13(7-22)28-20(17)14(21)8-23-28)10-18-19-15-4-2-12(24-15)6-16(19)25-27(11)18/h3,5,8,11-12,15,24H,2,4,6,9-10H2,1H3/t11-,12?,15?/m1/s1. The van der Waals surface area contributed by atoms with Crippen LogP contribution in [-0.4, -0.2) is 32.0 Å². The maximum atomic E-state index is 14.6. The van der Waals surface area contributed by atoms with E-state index in [0.29, 0.717) is 29.8 Å². The van der Waals surface area contributed by atoms with E-state index in [1.807, 2.05) is 6.07 Å². The van der Waals surface area contributed by atoms with E-state index in [1.165, 1.54) is 34.1 Å². The van der Waals surface area contributed by atoms with Gasteiger partial charge in [0.15, 0.2) is 5.82 Å². The second-order valence-electron chi connectivity index (χ2n) is 8.15. The molecule has 3 aromatic heterocycles. The van der Waals surface area contributed by atoms with E-state index in [2.05, 4.69) is 33.0 Å². The first-order valence-electron chi connectivity index (χ1n) is 9.81. The molecular formula is C20H20FN7. The van der Waals surface area contributed by atoms with E-state index in [-0.39, 0.29) is 6.04 Å². The third kappa shape index (κ3) is 2.05. The zero-order chi connectivity index (χ0) is 19.0. The second-order valence-corrected chi connectivity index (χ2v) is 8.15. The third-order valence-electron chi connectivity index (χ3n) is 6.45. The molecule has 6 heterocycles. The highest BCUT2D eigenvalue weighted by molar-refractivity contribution is 5.75. The van der Waals surface area contributed by atoms with Gasteiger partial charge in [-0.05, 0) is 31.9 Å². The van der Waals surface area contributed by atoms with Crippen molar-refractivity contribution in [1.82, 2.24) is 24.7 Å². The van der Waals surface area contributed by atoms with E-state index in [9.17, 15) is 9.65 Å². The van der Waals surface area contributed by atoms with Crippen molar-refractivity contribution >= 4 is 11.2 Å². The first-order valence-corrected chi connectivity index (χ1v) is 9.81. The number of fused-ring (bicyclic) bond motifs is 7. The largest absolute Gasteiger partial charge is 0.362 e. The fraction of sp³-hybridized carbons (Fsp3) is 0.450. The molecule has 1 fully saturated rings. The molecule has 142 valence electrons. The smallest absolute Gasteiger partial charge is 0.171 e. The molecule has 0 aromatic carbocycles. The molecule has 2 bridgehead atoms. The Kier molecular flexibility index (Phi) is 3.19. The van der Waals surface area contributed by atoms with Gasteiger partial charge in [0.1, 0.15) is 17.3 Å². The van der Waals surface area contributed by atoms with Crippen LogP contribution in [0.2, 0.25) is 0 Å². The molecule has 28 heavy (non-hydrogen) atoms. The molecular weight excluding hydrogens is 357 g/mol. The van der Waals surface area contributed by atoms with Gasteiger partial charge in [-0.2, -0.15) is 15.5 Å². The average molecular weight is 377 g/mol. The summed E-state index contributed by atoms with van der Waals surface area (Å²) in [5.74, 6) is -0.402. The van der Waals surface area contributed by atoms with Gasteiger partial charge >= 0.3 is 0 Å². The quantitative estimate of drug-likeness (QED) is 0.705. The van der Waals surface area contributed by atoms with Crippen molar-refractivity contribution in [2.24, 2.45) is 0 Å². The number of pyridine rings is 1. The van der Waals surface area contributed by atoms with Crippen molar-refractivity contribution in [3.63, 3.8) is 0 Å². The number of hydrogen-bond donors (Lipinski definition) is 1. The highest BCUT2D eigenvalue weighted by Gasteiger charge is 2.39. The van der Waals surface area contributed by atoms with Crippen LogP contribution in [0, 0.1) is 17.1 Å². The van der Waals surface area contributed by atoms with Crippen LogP contribution in [0.3, 0.4) is 0 Å². The Bertz CT molecular complexity index is 1150. The lowest BCUT2D eigenvalue weighted by atomic mass is 9.98. The van der Waals surface area contributed by atoms with Gasteiger partial charge in [0.25, 0.3) is 0 Å². The predicted molar refractivity (Wildman–Crippen MR) is 100 cm³/mol. The minimum atomic E-state index is -0.402. The van der Waals surface area contributed by atoms with Gasteiger partial charge in [-0.15, -0.1) is 0 Å². The van der Waals surface area contributed by atoms with Crippen LogP contribution in [0.4, 0.5) is 10.1 Å². The molecule has 2 unspecified atom stereocenters. The molecule has 0 radical (unpaired) electrons. The number of nitrogens with one attached hydrogen (secondary N) is 1. The summed E-state index contributed by atoms with van der Waals surface area (Å²) in [4.78, 5) is 2.20. The van der Waals surface area contributed by atoms with Crippen molar-refractivity contribution in [2.75, 3.05) is 11.4 Å². The van der Waals surface area contributed by atoms with E-state index in [4.69, 9.17) is 5.10 Å². The summed E-state index contributed by atoms with van der Waals surface area (Å²) < 4.78 is 18.1. The van der Waals surface area contributed by atoms with E-state index in [1.54, 1.807) is 6.07 Å². The van der Waals surface area contributed by atoms with Gasteiger partial charge in [-0.1, -0.05) is 0 Å². The monoisotopic (exact) mass is 377 g/mol. The molecule has 7 nitrogen and oxygen atoms in total. The number of rotatable bonds is 1. The molecule has 0 amide bonds. The Hall–Kier alpha value is -2.92. The lowest BCUT2D eigenvalue weighted by Crippen LogP contribution is -2.38. The fourth-order valence-electron chi connectivity index (χ4n) is 5.26. The number of hydrogen-bond acceptors (Lipinski definition) is 5. The van der Waals surface area contributed by atoms with E-state index in [0.717, 1.165) is 25.1 Å². The van der Waals surface area contributed by atoms with Crippen LogP contribution in [-0.2, 0) is 13.0 Å². The molecule has 3 aromatic rings. The number of halogens is 1. The number of nitrogens with zero attached hydrogens (tertiary/aromatic N) is 6. The Balaban J connectivity index is 1.48. The summed E-state index contributed by atoms with van der Waals surface area (Å²) in [7, 11) is 0. The molecule has 0 spiro atoms. The topological polar surface area (TPSA) is 74.2 Å². The molecule has 3 atom stereocenters. The van der Waals surface area contributed by atoms with Crippen molar-refractivity contribution < 1.29 is 4.39 Å². The fourth-order valence-corrected chi connectivity index (χ4v) is 5.26. The number of nitriles is 1. The van der Waals surface area contributed by atoms with Gasteiger partial charge in [0, 0.05) is 30.6 Å². The van der Waals surface area contributed by atoms with Crippen molar-refractivity contribution in [3.8, 4) is 6.07 Å². The van der Waals surface area contributed by atoms with Crippen molar-refractivity contribution in [2.45, 2.75) is 50.9 Å². The maximum Gasteiger partial charge on any atom is 0.171 e.